The monoisotopic (exact) mass is 574 g/mol. The maximum absolute atomic E-state index is 14.0. The number of halogens is 19. The molecular weight excluding hydrogens is 565 g/mol. The minimum Gasteiger partial charge on any atom is -0.326 e. The SMILES string of the molecule is COC(OC)(OC)C(F)(F)C(F)(F)C(F)(F)C(F)(F)C(F)(F)C(F)(F)C(F)(F)C(F)(F)C(F)(F)F. The maximum Gasteiger partial charge on any atom is 0.460 e. The molecule has 0 fully saturated rings. The molecule has 22 heteroatoms. The predicted molar refractivity (Wildman–Crippen MR) is 69.4 cm³/mol. The first kappa shape index (κ1) is 33.5. The minimum absolute atomic E-state index is 0.129. The lowest BCUT2D eigenvalue weighted by Crippen LogP contribution is -2.77. The topological polar surface area (TPSA) is 27.7 Å². The second kappa shape index (κ2) is 8.55. The molecule has 0 saturated carbocycles. The fourth-order valence-electron chi connectivity index (χ4n) is 2.19. The van der Waals surface area contributed by atoms with Gasteiger partial charge in [-0.2, -0.15) is 83.4 Å². The van der Waals surface area contributed by atoms with Gasteiger partial charge in [-0.3, -0.25) is 0 Å². The molecule has 0 unspecified atom stereocenters. The zero-order valence-corrected chi connectivity index (χ0v) is 16.4. The molecule has 0 aromatic carbocycles. The molecular formula is C13H9F19O3. The molecule has 35 heavy (non-hydrogen) atoms. The van der Waals surface area contributed by atoms with Crippen LogP contribution < -0.4 is 0 Å². The van der Waals surface area contributed by atoms with E-state index in [1.807, 2.05) is 0 Å². The smallest absolute Gasteiger partial charge is 0.326 e. The molecule has 0 N–H and O–H groups in total. The van der Waals surface area contributed by atoms with Crippen LogP contribution in [-0.4, -0.2) is 80.9 Å². The van der Waals surface area contributed by atoms with Crippen molar-refractivity contribution in [2.75, 3.05) is 21.3 Å². The molecule has 0 rings (SSSR count). The summed E-state index contributed by atoms with van der Waals surface area (Å²) < 4.78 is 262. The summed E-state index contributed by atoms with van der Waals surface area (Å²) in [5, 5.41) is 0. The van der Waals surface area contributed by atoms with E-state index in [0.717, 1.165) is 0 Å². The molecule has 0 heterocycles. The summed E-state index contributed by atoms with van der Waals surface area (Å²) in [6.07, 6.45) is -7.93. The molecule has 0 bridgehead atoms. The van der Waals surface area contributed by atoms with Crippen LogP contribution in [0.25, 0.3) is 0 Å². The lowest BCUT2D eigenvalue weighted by Gasteiger charge is -2.46. The largest absolute Gasteiger partial charge is 0.460 e. The molecule has 0 aliphatic rings. The Morgan fingerprint density at radius 3 is 0.629 bits per heavy atom. The van der Waals surface area contributed by atoms with Crippen molar-refractivity contribution in [3.63, 3.8) is 0 Å². The van der Waals surface area contributed by atoms with Gasteiger partial charge in [0.1, 0.15) is 0 Å². The number of alkyl halides is 19. The van der Waals surface area contributed by atoms with Crippen LogP contribution in [0.1, 0.15) is 0 Å². The Morgan fingerprint density at radius 2 is 0.457 bits per heavy atom. The summed E-state index contributed by atoms with van der Waals surface area (Å²) >= 11 is 0. The van der Waals surface area contributed by atoms with E-state index in [1.54, 1.807) is 0 Å². The van der Waals surface area contributed by atoms with E-state index >= 15 is 0 Å². The van der Waals surface area contributed by atoms with Gasteiger partial charge in [0.15, 0.2) is 0 Å². The standard InChI is InChI=1S/C13H9F19O3/c1-33-13(34-2,35-3)11(28,29)9(24,25)7(20,21)5(16,17)4(14,15)6(18,19)8(22,23)10(26,27)12(30,31)32/h1-3H3. The van der Waals surface area contributed by atoms with E-state index in [0.29, 0.717) is 0 Å². The van der Waals surface area contributed by atoms with Gasteiger partial charge in [-0.15, -0.1) is 0 Å². The molecule has 0 radical (unpaired) electrons. The molecule has 0 amide bonds. The normalized spacial score (nSPS) is 16.6. The number of hydrogen-bond acceptors (Lipinski definition) is 3. The van der Waals surface area contributed by atoms with E-state index in [1.165, 1.54) is 0 Å². The average molecular weight is 574 g/mol. The Bertz CT molecular complexity index is 703. The lowest BCUT2D eigenvalue weighted by atomic mass is 9.87. The second-order valence-corrected chi connectivity index (χ2v) is 6.26. The summed E-state index contributed by atoms with van der Waals surface area (Å²) in [6, 6.07) is 0. The Labute approximate surface area is 180 Å². The molecule has 212 valence electrons. The number of hydrogen-bond donors (Lipinski definition) is 0. The highest BCUT2D eigenvalue weighted by Crippen LogP contribution is 2.66. The second-order valence-electron chi connectivity index (χ2n) is 6.26. The lowest BCUT2D eigenvalue weighted by molar-refractivity contribution is -0.507. The van der Waals surface area contributed by atoms with Crippen molar-refractivity contribution < 1.29 is 97.6 Å². The highest BCUT2D eigenvalue weighted by Gasteiger charge is 2.97. The third kappa shape index (κ3) is 3.87. The zero-order valence-electron chi connectivity index (χ0n) is 16.4. The number of ether oxygens (including phenoxy) is 3. The Kier molecular flexibility index (Phi) is 8.20. The van der Waals surface area contributed by atoms with Crippen molar-refractivity contribution in [3.8, 4) is 0 Å². The molecule has 0 aromatic heterocycles. The molecule has 0 saturated heterocycles. The van der Waals surface area contributed by atoms with Gasteiger partial charge >= 0.3 is 59.5 Å². The highest BCUT2D eigenvalue weighted by atomic mass is 19.4. The predicted octanol–water partition coefficient (Wildman–Crippen LogP) is 6.22. The molecule has 0 spiro atoms. The Balaban J connectivity index is 7.14. The van der Waals surface area contributed by atoms with E-state index in [-0.39, 0.29) is 21.3 Å². The first-order valence-electron chi connectivity index (χ1n) is 7.68. The Hall–Kier alpha value is -1.45. The minimum atomic E-state index is -9.00. The molecule has 0 aliphatic carbocycles. The van der Waals surface area contributed by atoms with Gasteiger partial charge in [-0.25, -0.2) is 0 Å². The van der Waals surface area contributed by atoms with Crippen molar-refractivity contribution in [1.29, 1.82) is 0 Å². The summed E-state index contributed by atoms with van der Waals surface area (Å²) in [6.45, 7) is 0. The zero-order chi connectivity index (χ0) is 29.1. The van der Waals surface area contributed by atoms with Gasteiger partial charge < -0.3 is 14.2 Å². The van der Waals surface area contributed by atoms with Gasteiger partial charge in [0.25, 0.3) is 0 Å². The summed E-state index contributed by atoms with van der Waals surface area (Å²) in [4.78, 5) is 0. The van der Waals surface area contributed by atoms with Gasteiger partial charge in [0, 0.05) is 21.3 Å². The molecule has 0 aliphatic heterocycles. The molecule has 3 nitrogen and oxygen atoms in total. The van der Waals surface area contributed by atoms with Crippen molar-refractivity contribution in [2.45, 2.75) is 59.5 Å². The van der Waals surface area contributed by atoms with Crippen molar-refractivity contribution in [2.24, 2.45) is 0 Å². The highest BCUT2D eigenvalue weighted by molar-refractivity contribution is 5.17. The maximum atomic E-state index is 14.0. The van der Waals surface area contributed by atoms with E-state index in [9.17, 15) is 83.4 Å². The van der Waals surface area contributed by atoms with Crippen LogP contribution in [0.5, 0.6) is 0 Å². The van der Waals surface area contributed by atoms with Crippen molar-refractivity contribution in [1.82, 2.24) is 0 Å². The van der Waals surface area contributed by atoms with Gasteiger partial charge in [0.05, 0.1) is 0 Å². The molecule has 0 atom stereocenters. The summed E-state index contributed by atoms with van der Waals surface area (Å²) in [7, 11) is -0.387. The summed E-state index contributed by atoms with van der Waals surface area (Å²) in [5.74, 6) is -72.8. The first-order valence-corrected chi connectivity index (χ1v) is 7.68. The third-order valence-corrected chi connectivity index (χ3v) is 4.31. The van der Waals surface area contributed by atoms with Gasteiger partial charge in [0.2, 0.25) is 0 Å². The Morgan fingerprint density at radius 1 is 0.286 bits per heavy atom. The van der Waals surface area contributed by atoms with Crippen LogP contribution in [0, 0.1) is 0 Å². The average Bonchev–Trinajstić information content (AvgIpc) is 2.67. The van der Waals surface area contributed by atoms with E-state index in [2.05, 4.69) is 14.2 Å². The first-order chi connectivity index (χ1) is 14.9. The summed E-state index contributed by atoms with van der Waals surface area (Å²) in [5.41, 5.74) is 0. The van der Waals surface area contributed by atoms with Crippen molar-refractivity contribution in [3.05, 3.63) is 0 Å². The van der Waals surface area contributed by atoms with Gasteiger partial charge in [-0.05, 0) is 0 Å². The van der Waals surface area contributed by atoms with Crippen molar-refractivity contribution >= 4 is 0 Å². The van der Waals surface area contributed by atoms with E-state index in [4.69, 9.17) is 0 Å². The fraction of sp³-hybridized carbons (Fsp3) is 1.00. The van der Waals surface area contributed by atoms with Crippen LogP contribution in [0.2, 0.25) is 0 Å². The number of methoxy groups -OCH3 is 3. The fourth-order valence-corrected chi connectivity index (χ4v) is 2.19. The molecule has 0 aromatic rings. The third-order valence-electron chi connectivity index (χ3n) is 4.31. The van der Waals surface area contributed by atoms with E-state index < -0.39 is 59.5 Å². The van der Waals surface area contributed by atoms with Crippen LogP contribution in [0.15, 0.2) is 0 Å². The van der Waals surface area contributed by atoms with Crippen LogP contribution in [0.3, 0.4) is 0 Å². The van der Waals surface area contributed by atoms with Crippen LogP contribution >= 0.6 is 0 Å². The number of rotatable bonds is 11. The van der Waals surface area contributed by atoms with Crippen LogP contribution in [-0.2, 0) is 14.2 Å². The quantitative estimate of drug-likeness (QED) is 0.217. The van der Waals surface area contributed by atoms with Crippen LogP contribution in [0.4, 0.5) is 83.4 Å². The van der Waals surface area contributed by atoms with Gasteiger partial charge in [-0.1, -0.05) is 0 Å².